The number of morpholine rings is 1. The summed E-state index contributed by atoms with van der Waals surface area (Å²) >= 11 is 6.25. The van der Waals surface area contributed by atoms with Crippen LogP contribution in [0.5, 0.6) is 0 Å². The normalized spacial score (nSPS) is 19.8. The van der Waals surface area contributed by atoms with Gasteiger partial charge in [-0.05, 0) is 36.3 Å². The lowest BCUT2D eigenvalue weighted by atomic mass is 10.1. The molecule has 8 heteroatoms. The number of hydrogen-bond donors (Lipinski definition) is 1. The van der Waals surface area contributed by atoms with Gasteiger partial charge in [0, 0.05) is 18.8 Å². The van der Waals surface area contributed by atoms with Gasteiger partial charge in [-0.15, -0.1) is 0 Å². The molecular weight excluding hydrogens is 360 g/mol. The van der Waals surface area contributed by atoms with Gasteiger partial charge in [0.25, 0.3) is 5.91 Å². The number of thiocarbonyl (C=S) groups is 1. The molecule has 25 heavy (non-hydrogen) atoms. The summed E-state index contributed by atoms with van der Waals surface area (Å²) in [5.74, 6) is -1.43. The first kappa shape index (κ1) is 17.9. The van der Waals surface area contributed by atoms with Gasteiger partial charge in [0.05, 0.1) is 18.1 Å². The van der Waals surface area contributed by atoms with Crippen molar-refractivity contribution in [2.45, 2.75) is 6.92 Å². The standard InChI is InChI=1S/C17H18N2O4S2/c1-11-8-13(18-4-6-23-7-5-18)3-2-12(11)9-14-16(22)19(10-15(20)21)17(24)25-14/h2-3,8-9H,4-7,10H2,1H3,(H,20,21)/b14-9+. The Morgan fingerprint density at radius 1 is 1.40 bits per heavy atom. The maximum Gasteiger partial charge on any atom is 0.323 e. The molecule has 1 N–H and O–H groups in total. The highest BCUT2D eigenvalue weighted by Gasteiger charge is 2.33. The Labute approximate surface area is 155 Å². The van der Waals surface area contributed by atoms with Gasteiger partial charge in [0.1, 0.15) is 10.9 Å². The minimum atomic E-state index is -1.08. The number of aryl methyl sites for hydroxylation is 1. The van der Waals surface area contributed by atoms with Crippen molar-refractivity contribution in [1.29, 1.82) is 0 Å². The van der Waals surface area contributed by atoms with E-state index in [2.05, 4.69) is 11.0 Å². The monoisotopic (exact) mass is 378 g/mol. The Morgan fingerprint density at radius 2 is 2.12 bits per heavy atom. The van der Waals surface area contributed by atoms with Crippen LogP contribution in [0.25, 0.3) is 6.08 Å². The molecular formula is C17H18N2O4S2. The predicted molar refractivity (Wildman–Crippen MR) is 102 cm³/mol. The number of carboxylic acids is 1. The molecule has 0 unspecified atom stereocenters. The molecule has 2 fully saturated rings. The van der Waals surface area contributed by atoms with Gasteiger partial charge in [0.2, 0.25) is 0 Å². The molecule has 1 aromatic carbocycles. The smallest absolute Gasteiger partial charge is 0.323 e. The van der Waals surface area contributed by atoms with Crippen molar-refractivity contribution in [3.8, 4) is 0 Å². The van der Waals surface area contributed by atoms with Crippen LogP contribution < -0.4 is 4.90 Å². The van der Waals surface area contributed by atoms with E-state index in [1.165, 1.54) is 0 Å². The van der Waals surface area contributed by atoms with Crippen molar-refractivity contribution < 1.29 is 19.4 Å². The van der Waals surface area contributed by atoms with E-state index in [-0.39, 0.29) is 10.2 Å². The fourth-order valence-corrected chi connectivity index (χ4v) is 4.00. The Kier molecular flexibility index (Phi) is 5.41. The Bertz CT molecular complexity index is 757. The molecule has 6 nitrogen and oxygen atoms in total. The number of thioether (sulfide) groups is 1. The number of nitrogens with zero attached hydrogens (tertiary/aromatic N) is 2. The van der Waals surface area contributed by atoms with Crippen LogP contribution in [-0.2, 0) is 14.3 Å². The average molecular weight is 378 g/mol. The van der Waals surface area contributed by atoms with E-state index in [9.17, 15) is 9.59 Å². The number of aliphatic carboxylic acids is 1. The maximum absolute atomic E-state index is 12.3. The number of amides is 1. The predicted octanol–water partition coefficient (Wildman–Crippen LogP) is 2.12. The van der Waals surface area contributed by atoms with Crippen molar-refractivity contribution in [2.75, 3.05) is 37.7 Å². The van der Waals surface area contributed by atoms with Gasteiger partial charge in [0.15, 0.2) is 0 Å². The van der Waals surface area contributed by atoms with Crippen molar-refractivity contribution in [3.05, 3.63) is 34.2 Å². The van der Waals surface area contributed by atoms with Crippen LogP contribution in [0.15, 0.2) is 23.1 Å². The second-order valence-corrected chi connectivity index (χ2v) is 7.48. The molecule has 132 valence electrons. The highest BCUT2D eigenvalue weighted by atomic mass is 32.2. The van der Waals surface area contributed by atoms with Crippen LogP contribution in [0.1, 0.15) is 11.1 Å². The van der Waals surface area contributed by atoms with Crippen molar-refractivity contribution in [1.82, 2.24) is 4.90 Å². The molecule has 0 saturated carbocycles. The van der Waals surface area contributed by atoms with Crippen LogP contribution >= 0.6 is 24.0 Å². The number of anilines is 1. The largest absolute Gasteiger partial charge is 0.480 e. The van der Waals surface area contributed by atoms with Crippen LogP contribution in [0.3, 0.4) is 0 Å². The van der Waals surface area contributed by atoms with E-state index in [0.717, 1.165) is 59.8 Å². The summed E-state index contributed by atoms with van der Waals surface area (Å²) in [5, 5.41) is 8.89. The fourth-order valence-electron chi connectivity index (χ4n) is 2.75. The third kappa shape index (κ3) is 4.02. The SMILES string of the molecule is Cc1cc(N2CCOCC2)ccc1/C=C1/SC(=S)N(CC(=O)O)C1=O. The van der Waals surface area contributed by atoms with Gasteiger partial charge in [-0.3, -0.25) is 14.5 Å². The van der Waals surface area contributed by atoms with Gasteiger partial charge in [-0.1, -0.05) is 30.0 Å². The molecule has 0 spiro atoms. The molecule has 0 radical (unpaired) electrons. The van der Waals surface area contributed by atoms with E-state index in [1.807, 2.05) is 19.1 Å². The Balaban J connectivity index is 1.80. The van der Waals surface area contributed by atoms with Gasteiger partial charge in [-0.25, -0.2) is 0 Å². The summed E-state index contributed by atoms with van der Waals surface area (Å²) in [6.45, 7) is 4.78. The lowest BCUT2D eigenvalue weighted by molar-refractivity contribution is -0.140. The molecule has 0 aliphatic carbocycles. The Hall–Kier alpha value is -1.90. The summed E-state index contributed by atoms with van der Waals surface area (Å²) < 4.78 is 5.65. The van der Waals surface area contributed by atoms with Crippen molar-refractivity contribution in [3.63, 3.8) is 0 Å². The number of rotatable bonds is 4. The van der Waals surface area contributed by atoms with Crippen LogP contribution in [0, 0.1) is 6.92 Å². The molecule has 2 saturated heterocycles. The molecule has 2 aliphatic heterocycles. The molecule has 0 bridgehead atoms. The number of carboxylic acid groups (broad SMARTS) is 1. The quantitative estimate of drug-likeness (QED) is 0.636. The zero-order valence-electron chi connectivity index (χ0n) is 13.7. The van der Waals surface area contributed by atoms with E-state index in [4.69, 9.17) is 22.1 Å². The topological polar surface area (TPSA) is 70.1 Å². The summed E-state index contributed by atoms with van der Waals surface area (Å²) in [7, 11) is 0. The molecule has 2 aliphatic rings. The lowest BCUT2D eigenvalue weighted by Gasteiger charge is -2.29. The van der Waals surface area contributed by atoms with Crippen LogP contribution in [0.4, 0.5) is 5.69 Å². The van der Waals surface area contributed by atoms with Gasteiger partial charge in [-0.2, -0.15) is 0 Å². The second kappa shape index (κ2) is 7.55. The minimum Gasteiger partial charge on any atom is -0.480 e. The van der Waals surface area contributed by atoms with Crippen LogP contribution in [-0.4, -0.2) is 59.1 Å². The highest BCUT2D eigenvalue weighted by molar-refractivity contribution is 8.26. The fraction of sp³-hybridized carbons (Fsp3) is 0.353. The molecule has 0 aromatic heterocycles. The summed E-state index contributed by atoms with van der Waals surface area (Å²) in [6, 6.07) is 6.10. The summed E-state index contributed by atoms with van der Waals surface area (Å²) in [5.41, 5.74) is 3.11. The number of carbonyl (C=O) groups is 2. The van der Waals surface area contributed by atoms with E-state index in [1.54, 1.807) is 6.08 Å². The Morgan fingerprint density at radius 3 is 2.76 bits per heavy atom. The van der Waals surface area contributed by atoms with Crippen molar-refractivity contribution >= 4 is 51.9 Å². The molecule has 1 aromatic rings. The molecule has 0 atom stereocenters. The second-order valence-electron chi connectivity index (χ2n) is 5.80. The van der Waals surface area contributed by atoms with E-state index < -0.39 is 12.5 Å². The third-order valence-corrected chi connectivity index (χ3v) is 5.46. The lowest BCUT2D eigenvalue weighted by Crippen LogP contribution is -2.36. The maximum atomic E-state index is 12.3. The summed E-state index contributed by atoms with van der Waals surface area (Å²) in [6.07, 6.45) is 1.78. The number of ether oxygens (including phenoxy) is 1. The van der Waals surface area contributed by atoms with Gasteiger partial charge >= 0.3 is 5.97 Å². The number of hydrogen-bond acceptors (Lipinski definition) is 6. The zero-order valence-corrected chi connectivity index (χ0v) is 15.4. The molecule has 1 amide bonds. The zero-order chi connectivity index (χ0) is 18.0. The average Bonchev–Trinajstić information content (AvgIpc) is 2.84. The first-order valence-corrected chi connectivity index (χ1v) is 9.08. The molecule has 2 heterocycles. The number of benzene rings is 1. The van der Waals surface area contributed by atoms with E-state index in [0.29, 0.717) is 4.91 Å². The molecule has 3 rings (SSSR count). The first-order chi connectivity index (χ1) is 12.0. The highest BCUT2D eigenvalue weighted by Crippen LogP contribution is 2.33. The van der Waals surface area contributed by atoms with E-state index >= 15 is 0 Å². The van der Waals surface area contributed by atoms with Gasteiger partial charge < -0.3 is 14.7 Å². The number of carbonyl (C=O) groups excluding carboxylic acids is 1. The first-order valence-electron chi connectivity index (χ1n) is 7.86. The van der Waals surface area contributed by atoms with Crippen molar-refractivity contribution in [2.24, 2.45) is 0 Å². The van der Waals surface area contributed by atoms with Crippen LogP contribution in [0.2, 0.25) is 0 Å². The summed E-state index contributed by atoms with van der Waals surface area (Å²) in [4.78, 5) is 27.0. The minimum absolute atomic E-state index is 0.279. The third-order valence-electron chi connectivity index (χ3n) is 4.08.